The fourth-order valence-electron chi connectivity index (χ4n) is 2.52. The average Bonchev–Trinajstić information content (AvgIpc) is 2.90. The summed E-state index contributed by atoms with van der Waals surface area (Å²) in [5.74, 6) is -0.425. The van der Waals surface area contributed by atoms with Gasteiger partial charge in [0.25, 0.3) is 0 Å². The van der Waals surface area contributed by atoms with Crippen LogP contribution in [-0.2, 0) is 16.0 Å². The second-order valence-electron chi connectivity index (χ2n) is 5.23. The summed E-state index contributed by atoms with van der Waals surface area (Å²) in [6.45, 7) is 1.47. The van der Waals surface area contributed by atoms with Gasteiger partial charge < -0.3 is 15.2 Å². The van der Waals surface area contributed by atoms with Crippen molar-refractivity contribution < 1.29 is 19.4 Å². The van der Waals surface area contributed by atoms with Gasteiger partial charge in [-0.1, -0.05) is 18.2 Å². The lowest BCUT2D eigenvalue weighted by Crippen LogP contribution is -2.24. The van der Waals surface area contributed by atoms with E-state index in [0.717, 1.165) is 22.4 Å². The molecule has 0 saturated heterocycles. The number of aliphatic carboxylic acids is 1. The highest BCUT2D eigenvalue weighted by atomic mass is 16.5. The summed E-state index contributed by atoms with van der Waals surface area (Å²) in [7, 11) is 0. The highest BCUT2D eigenvalue weighted by Crippen LogP contribution is 2.33. The van der Waals surface area contributed by atoms with Gasteiger partial charge >= 0.3 is 5.97 Å². The maximum atomic E-state index is 11.0. The van der Waals surface area contributed by atoms with Crippen molar-refractivity contribution in [2.45, 2.75) is 19.4 Å². The van der Waals surface area contributed by atoms with Gasteiger partial charge in [0.2, 0.25) is 5.91 Å². The Balaban J connectivity index is 1.84. The van der Waals surface area contributed by atoms with Crippen LogP contribution in [0.1, 0.15) is 12.5 Å². The molecule has 0 spiro atoms. The van der Waals surface area contributed by atoms with Gasteiger partial charge in [-0.3, -0.25) is 4.79 Å². The standard InChI is InChI=1S/C17H15NO4/c1-10(19)18-14-5-2-11(3-6-14)12-4-7-15-13(8-12)9-16(22-15)17(20)21/h2-8,16H,9H2,1H3,(H,18,19)(H,20,21). The van der Waals surface area contributed by atoms with Crippen LogP contribution in [0.3, 0.4) is 0 Å². The molecule has 2 N–H and O–H groups in total. The highest BCUT2D eigenvalue weighted by Gasteiger charge is 2.28. The monoisotopic (exact) mass is 297 g/mol. The maximum Gasteiger partial charge on any atom is 0.345 e. The van der Waals surface area contributed by atoms with Gasteiger partial charge in [0, 0.05) is 19.0 Å². The Morgan fingerprint density at radius 1 is 1.14 bits per heavy atom. The number of nitrogens with one attached hydrogen (secondary N) is 1. The number of carbonyl (C=O) groups is 2. The minimum atomic E-state index is -0.947. The Hall–Kier alpha value is -2.82. The molecule has 0 saturated carbocycles. The number of carbonyl (C=O) groups excluding carboxylic acids is 1. The molecule has 1 heterocycles. The van der Waals surface area contributed by atoms with Crippen LogP contribution in [0.2, 0.25) is 0 Å². The van der Waals surface area contributed by atoms with E-state index < -0.39 is 12.1 Å². The van der Waals surface area contributed by atoms with Gasteiger partial charge in [-0.05, 0) is 41.0 Å². The number of amides is 1. The van der Waals surface area contributed by atoms with Crippen LogP contribution < -0.4 is 10.1 Å². The summed E-state index contributed by atoms with van der Waals surface area (Å²) in [4.78, 5) is 22.0. The predicted molar refractivity (Wildman–Crippen MR) is 81.9 cm³/mol. The first-order chi connectivity index (χ1) is 10.5. The van der Waals surface area contributed by atoms with Crippen molar-refractivity contribution in [3.8, 4) is 16.9 Å². The third-order valence-corrected chi connectivity index (χ3v) is 3.55. The zero-order valence-electron chi connectivity index (χ0n) is 12.0. The molecule has 0 fully saturated rings. The lowest BCUT2D eigenvalue weighted by molar-refractivity contribution is -0.144. The molecule has 112 valence electrons. The van der Waals surface area contributed by atoms with Crippen LogP contribution in [-0.4, -0.2) is 23.1 Å². The molecular formula is C17H15NO4. The van der Waals surface area contributed by atoms with Crippen LogP contribution in [0.25, 0.3) is 11.1 Å². The first-order valence-electron chi connectivity index (χ1n) is 6.93. The van der Waals surface area contributed by atoms with E-state index in [0.29, 0.717) is 12.2 Å². The first-order valence-corrected chi connectivity index (χ1v) is 6.93. The molecule has 0 radical (unpaired) electrons. The van der Waals surface area contributed by atoms with Crippen molar-refractivity contribution in [1.29, 1.82) is 0 Å². The van der Waals surface area contributed by atoms with E-state index in [-0.39, 0.29) is 5.91 Å². The van der Waals surface area contributed by atoms with Crippen molar-refractivity contribution in [2.24, 2.45) is 0 Å². The zero-order valence-corrected chi connectivity index (χ0v) is 12.0. The molecule has 2 aromatic carbocycles. The van der Waals surface area contributed by atoms with Crippen LogP contribution in [0.4, 0.5) is 5.69 Å². The predicted octanol–water partition coefficient (Wildman–Crippen LogP) is 2.70. The Labute approximate surface area is 127 Å². The molecule has 1 aliphatic heterocycles. The van der Waals surface area contributed by atoms with Gasteiger partial charge in [0.05, 0.1) is 0 Å². The summed E-state index contributed by atoms with van der Waals surface area (Å²) in [5, 5.41) is 11.7. The van der Waals surface area contributed by atoms with Crippen LogP contribution in [0, 0.1) is 0 Å². The molecule has 1 atom stereocenters. The van der Waals surface area contributed by atoms with E-state index in [2.05, 4.69) is 5.32 Å². The summed E-state index contributed by atoms with van der Waals surface area (Å²) in [6.07, 6.45) is -0.421. The smallest absolute Gasteiger partial charge is 0.345 e. The molecule has 1 amide bonds. The van der Waals surface area contributed by atoms with Crippen molar-refractivity contribution >= 4 is 17.6 Å². The number of carboxylic acids is 1. The number of fused-ring (bicyclic) bond motifs is 1. The number of rotatable bonds is 3. The molecule has 22 heavy (non-hydrogen) atoms. The fraction of sp³-hybridized carbons (Fsp3) is 0.176. The maximum absolute atomic E-state index is 11.0. The second kappa shape index (κ2) is 5.52. The Morgan fingerprint density at radius 2 is 1.82 bits per heavy atom. The Bertz CT molecular complexity index is 737. The van der Waals surface area contributed by atoms with Crippen LogP contribution in [0.15, 0.2) is 42.5 Å². The molecule has 0 aromatic heterocycles. The molecule has 2 aromatic rings. The van der Waals surface area contributed by atoms with Gasteiger partial charge in [-0.2, -0.15) is 0 Å². The van der Waals surface area contributed by atoms with Crippen molar-refractivity contribution in [2.75, 3.05) is 5.32 Å². The van der Waals surface area contributed by atoms with Crippen LogP contribution >= 0.6 is 0 Å². The Morgan fingerprint density at radius 3 is 2.45 bits per heavy atom. The number of hydrogen-bond donors (Lipinski definition) is 2. The molecule has 0 aliphatic carbocycles. The van der Waals surface area contributed by atoms with Gasteiger partial charge in [-0.25, -0.2) is 4.79 Å². The number of ether oxygens (including phenoxy) is 1. The molecular weight excluding hydrogens is 282 g/mol. The van der Waals surface area contributed by atoms with Gasteiger partial charge in [0.1, 0.15) is 5.75 Å². The largest absolute Gasteiger partial charge is 0.478 e. The molecule has 1 unspecified atom stereocenters. The number of anilines is 1. The third-order valence-electron chi connectivity index (χ3n) is 3.55. The molecule has 1 aliphatic rings. The van der Waals surface area contributed by atoms with Crippen molar-refractivity contribution in [3.63, 3.8) is 0 Å². The summed E-state index contributed by atoms with van der Waals surface area (Å²) >= 11 is 0. The van der Waals surface area contributed by atoms with Crippen molar-refractivity contribution in [3.05, 3.63) is 48.0 Å². The van der Waals surface area contributed by atoms with E-state index >= 15 is 0 Å². The van der Waals surface area contributed by atoms with E-state index in [1.807, 2.05) is 36.4 Å². The fourth-order valence-corrected chi connectivity index (χ4v) is 2.52. The van der Waals surface area contributed by atoms with Crippen molar-refractivity contribution in [1.82, 2.24) is 0 Å². The first kappa shape index (κ1) is 14.1. The normalized spacial score (nSPS) is 15.8. The van der Waals surface area contributed by atoms with Crippen LogP contribution in [0.5, 0.6) is 5.75 Å². The molecule has 5 nitrogen and oxygen atoms in total. The lowest BCUT2D eigenvalue weighted by atomic mass is 10.0. The quantitative estimate of drug-likeness (QED) is 0.913. The Kier molecular flexibility index (Phi) is 3.55. The number of carboxylic acid groups (broad SMARTS) is 1. The zero-order chi connectivity index (χ0) is 15.7. The number of benzene rings is 2. The molecule has 3 rings (SSSR count). The summed E-state index contributed by atoms with van der Waals surface area (Å²) in [6, 6.07) is 13.1. The second-order valence-corrected chi connectivity index (χ2v) is 5.23. The van der Waals surface area contributed by atoms with E-state index in [1.165, 1.54) is 6.92 Å². The SMILES string of the molecule is CC(=O)Nc1ccc(-c2ccc3c(c2)CC(C(=O)O)O3)cc1. The van der Waals surface area contributed by atoms with Gasteiger partial charge in [0.15, 0.2) is 6.10 Å². The van der Waals surface area contributed by atoms with E-state index in [1.54, 1.807) is 6.07 Å². The highest BCUT2D eigenvalue weighted by molar-refractivity contribution is 5.89. The van der Waals surface area contributed by atoms with E-state index in [4.69, 9.17) is 9.84 Å². The topological polar surface area (TPSA) is 75.6 Å². The summed E-state index contributed by atoms with van der Waals surface area (Å²) in [5.41, 5.74) is 3.63. The molecule has 5 heteroatoms. The summed E-state index contributed by atoms with van der Waals surface area (Å²) < 4.78 is 5.38. The minimum Gasteiger partial charge on any atom is -0.478 e. The lowest BCUT2D eigenvalue weighted by Gasteiger charge is -2.06. The molecule has 0 bridgehead atoms. The van der Waals surface area contributed by atoms with E-state index in [9.17, 15) is 9.59 Å². The van der Waals surface area contributed by atoms with Gasteiger partial charge in [-0.15, -0.1) is 0 Å². The average molecular weight is 297 g/mol. The minimum absolute atomic E-state index is 0.109. The number of hydrogen-bond acceptors (Lipinski definition) is 3. The third kappa shape index (κ3) is 2.79.